The van der Waals surface area contributed by atoms with E-state index in [9.17, 15) is 4.79 Å². The second kappa shape index (κ2) is 8.52. The predicted molar refractivity (Wildman–Crippen MR) is 100 cm³/mol. The highest BCUT2D eigenvalue weighted by Crippen LogP contribution is 2.24. The molecule has 2 unspecified atom stereocenters. The Morgan fingerprint density at radius 1 is 1.32 bits per heavy atom. The summed E-state index contributed by atoms with van der Waals surface area (Å²) in [4.78, 5) is 16.6. The third kappa shape index (κ3) is 4.84. The Kier molecular flexibility index (Phi) is 6.13. The lowest BCUT2D eigenvalue weighted by atomic mass is 9.86. The molecule has 1 saturated carbocycles. The fourth-order valence-electron chi connectivity index (χ4n) is 3.26. The van der Waals surface area contributed by atoms with Crippen molar-refractivity contribution in [3.8, 4) is 11.4 Å². The number of hydrogen-bond donors (Lipinski definition) is 1. The summed E-state index contributed by atoms with van der Waals surface area (Å²) in [6.07, 6.45) is 4.80. The number of carbonyl (C=O) groups excluding carboxylic acids is 1. The first kappa shape index (κ1) is 18.0. The quantitative estimate of drug-likeness (QED) is 0.845. The number of nitrogens with zero attached hydrogens (tertiary/aromatic N) is 2. The summed E-state index contributed by atoms with van der Waals surface area (Å²) >= 11 is 1.51. The van der Waals surface area contributed by atoms with Gasteiger partial charge in [-0.2, -0.15) is 4.98 Å². The van der Waals surface area contributed by atoms with Crippen LogP contribution in [0.2, 0.25) is 0 Å². The summed E-state index contributed by atoms with van der Waals surface area (Å²) < 4.78 is 5.31. The Labute approximate surface area is 153 Å². The van der Waals surface area contributed by atoms with Crippen LogP contribution in [0, 0.1) is 12.8 Å². The lowest BCUT2D eigenvalue weighted by Gasteiger charge is -2.29. The van der Waals surface area contributed by atoms with Crippen LogP contribution < -0.4 is 5.32 Å². The van der Waals surface area contributed by atoms with Gasteiger partial charge in [0.15, 0.2) is 0 Å². The highest BCUT2D eigenvalue weighted by atomic mass is 32.2. The maximum atomic E-state index is 12.1. The van der Waals surface area contributed by atoms with Gasteiger partial charge in [-0.15, -0.1) is 11.8 Å². The van der Waals surface area contributed by atoms with Gasteiger partial charge in [-0.1, -0.05) is 49.2 Å². The van der Waals surface area contributed by atoms with E-state index in [4.69, 9.17) is 4.52 Å². The molecule has 1 fully saturated rings. The highest BCUT2D eigenvalue weighted by molar-refractivity contribution is 7.99. The van der Waals surface area contributed by atoms with Gasteiger partial charge in [-0.3, -0.25) is 4.79 Å². The lowest BCUT2D eigenvalue weighted by molar-refractivity contribution is -0.119. The van der Waals surface area contributed by atoms with Gasteiger partial charge < -0.3 is 9.84 Å². The molecule has 134 valence electrons. The summed E-state index contributed by atoms with van der Waals surface area (Å²) in [6, 6.07) is 8.29. The van der Waals surface area contributed by atoms with Gasteiger partial charge in [0.05, 0.1) is 11.5 Å². The van der Waals surface area contributed by atoms with E-state index in [2.05, 4.69) is 22.4 Å². The molecule has 3 rings (SSSR count). The molecule has 1 heterocycles. The summed E-state index contributed by atoms with van der Waals surface area (Å²) in [5.74, 6) is 2.81. The van der Waals surface area contributed by atoms with Crippen molar-refractivity contribution in [2.45, 2.75) is 51.3 Å². The van der Waals surface area contributed by atoms with E-state index < -0.39 is 0 Å². The number of hydrogen-bond acceptors (Lipinski definition) is 5. The van der Waals surface area contributed by atoms with Crippen LogP contribution in [0.3, 0.4) is 0 Å². The molecule has 2 atom stereocenters. The topological polar surface area (TPSA) is 68.0 Å². The van der Waals surface area contributed by atoms with Gasteiger partial charge >= 0.3 is 0 Å². The van der Waals surface area contributed by atoms with Gasteiger partial charge in [0.25, 0.3) is 0 Å². The van der Waals surface area contributed by atoms with Crippen molar-refractivity contribution in [2.24, 2.45) is 5.92 Å². The predicted octanol–water partition coefficient (Wildman–Crippen LogP) is 3.97. The number of aryl methyl sites for hydroxylation is 1. The molecule has 6 heteroatoms. The molecular formula is C19H25N3O2S. The Bertz CT molecular complexity index is 716. The molecule has 1 aliphatic carbocycles. The highest BCUT2D eigenvalue weighted by Gasteiger charge is 2.22. The minimum atomic E-state index is 0.0994. The zero-order valence-corrected chi connectivity index (χ0v) is 15.6. The van der Waals surface area contributed by atoms with Crippen LogP contribution >= 0.6 is 11.8 Å². The standard InChI is InChI=1S/C19H25N3O2S/c1-13-7-3-5-9-15(13)19-21-18(24-22-19)12-25-11-17(23)20-16-10-6-4-8-14(16)2/h3,5,7,9,14,16H,4,6,8,10-12H2,1-2H3,(H,20,23). The van der Waals surface area contributed by atoms with Crippen LogP contribution in [-0.2, 0) is 10.5 Å². The largest absolute Gasteiger partial charge is 0.352 e. The molecule has 0 spiro atoms. The molecule has 0 radical (unpaired) electrons. The molecule has 25 heavy (non-hydrogen) atoms. The minimum absolute atomic E-state index is 0.0994. The first-order valence-corrected chi connectivity index (χ1v) is 10.0. The smallest absolute Gasteiger partial charge is 0.236 e. The molecule has 1 aromatic heterocycles. The molecule has 1 aromatic carbocycles. The van der Waals surface area contributed by atoms with Crippen molar-refractivity contribution in [3.05, 3.63) is 35.7 Å². The van der Waals surface area contributed by atoms with E-state index in [1.165, 1.54) is 31.0 Å². The van der Waals surface area contributed by atoms with Crippen molar-refractivity contribution < 1.29 is 9.32 Å². The van der Waals surface area contributed by atoms with E-state index in [1.807, 2.05) is 31.2 Å². The third-order valence-electron chi connectivity index (χ3n) is 4.77. The monoisotopic (exact) mass is 359 g/mol. The van der Waals surface area contributed by atoms with Crippen LogP contribution in [0.4, 0.5) is 0 Å². The van der Waals surface area contributed by atoms with Crippen LogP contribution in [0.25, 0.3) is 11.4 Å². The van der Waals surface area contributed by atoms with Crippen LogP contribution in [0.5, 0.6) is 0 Å². The molecular weight excluding hydrogens is 334 g/mol. The van der Waals surface area contributed by atoms with E-state index in [0.717, 1.165) is 17.5 Å². The summed E-state index contributed by atoms with van der Waals surface area (Å²) in [5.41, 5.74) is 2.09. The number of aromatic nitrogens is 2. The molecule has 0 saturated heterocycles. The summed E-state index contributed by atoms with van der Waals surface area (Å²) in [7, 11) is 0. The van der Waals surface area contributed by atoms with Gasteiger partial charge in [0.1, 0.15) is 0 Å². The Morgan fingerprint density at radius 3 is 2.92 bits per heavy atom. The third-order valence-corrected chi connectivity index (χ3v) is 5.69. The number of rotatable bonds is 6. The molecule has 0 bridgehead atoms. The average molecular weight is 359 g/mol. The van der Waals surface area contributed by atoms with E-state index >= 15 is 0 Å². The number of carbonyl (C=O) groups is 1. The van der Waals surface area contributed by atoms with Crippen molar-refractivity contribution >= 4 is 17.7 Å². The van der Waals surface area contributed by atoms with E-state index in [-0.39, 0.29) is 5.91 Å². The zero-order chi connectivity index (χ0) is 17.6. The molecule has 5 nitrogen and oxygen atoms in total. The van der Waals surface area contributed by atoms with E-state index in [0.29, 0.717) is 35.2 Å². The first-order chi connectivity index (χ1) is 12.1. The van der Waals surface area contributed by atoms with Gasteiger partial charge in [-0.25, -0.2) is 0 Å². The first-order valence-electron chi connectivity index (χ1n) is 8.89. The maximum absolute atomic E-state index is 12.1. The van der Waals surface area contributed by atoms with Gasteiger partial charge in [-0.05, 0) is 31.2 Å². The van der Waals surface area contributed by atoms with Crippen LogP contribution in [-0.4, -0.2) is 27.8 Å². The summed E-state index contributed by atoms with van der Waals surface area (Å²) in [5, 5.41) is 7.22. The van der Waals surface area contributed by atoms with E-state index in [1.54, 1.807) is 0 Å². The minimum Gasteiger partial charge on any atom is -0.352 e. The van der Waals surface area contributed by atoms with Crippen LogP contribution in [0.1, 0.15) is 44.1 Å². The van der Waals surface area contributed by atoms with Gasteiger partial charge in [0, 0.05) is 11.6 Å². The second-order valence-corrected chi connectivity index (χ2v) is 7.74. The van der Waals surface area contributed by atoms with Crippen molar-refractivity contribution in [2.75, 3.05) is 5.75 Å². The molecule has 2 aromatic rings. The fraction of sp³-hybridized carbons (Fsp3) is 0.526. The SMILES string of the molecule is Cc1ccccc1-c1noc(CSCC(=O)NC2CCCCC2C)n1. The van der Waals surface area contributed by atoms with Gasteiger partial charge in [0.2, 0.25) is 17.6 Å². The molecule has 0 aliphatic heterocycles. The number of amides is 1. The van der Waals surface area contributed by atoms with Crippen molar-refractivity contribution in [1.82, 2.24) is 15.5 Å². The number of benzene rings is 1. The van der Waals surface area contributed by atoms with Crippen LogP contribution in [0.15, 0.2) is 28.8 Å². The molecule has 1 amide bonds. The summed E-state index contributed by atoms with van der Waals surface area (Å²) in [6.45, 7) is 4.25. The molecule has 1 N–H and O–H groups in total. The Hall–Kier alpha value is -1.82. The fourth-order valence-corrected chi connectivity index (χ4v) is 3.92. The number of nitrogens with one attached hydrogen (secondary N) is 1. The second-order valence-electron chi connectivity index (χ2n) is 6.76. The Morgan fingerprint density at radius 2 is 2.12 bits per heavy atom. The average Bonchev–Trinajstić information content (AvgIpc) is 3.06. The maximum Gasteiger partial charge on any atom is 0.236 e. The van der Waals surface area contributed by atoms with Crippen molar-refractivity contribution in [1.29, 1.82) is 0 Å². The lowest BCUT2D eigenvalue weighted by Crippen LogP contribution is -2.41. The normalized spacial score (nSPS) is 20.4. The zero-order valence-electron chi connectivity index (χ0n) is 14.8. The molecule has 1 aliphatic rings. The van der Waals surface area contributed by atoms with Crippen molar-refractivity contribution in [3.63, 3.8) is 0 Å². The Balaban J connectivity index is 1.46. The number of thioether (sulfide) groups is 1.